The molecule has 0 unspecified atom stereocenters. The molecule has 3 nitrogen and oxygen atoms in total. The van der Waals surface area contributed by atoms with Gasteiger partial charge in [0.05, 0.1) is 0 Å². The minimum absolute atomic E-state index is 0.867. The molecule has 0 fully saturated rings. The predicted octanol–water partition coefficient (Wildman–Crippen LogP) is 15.6. The summed E-state index contributed by atoms with van der Waals surface area (Å²) in [5, 5.41) is 4.39. The number of para-hydroxylation sites is 2. The van der Waals surface area contributed by atoms with Crippen molar-refractivity contribution in [2.75, 3.05) is 4.90 Å². The number of hydrogen-bond donors (Lipinski definition) is 0. The molecule has 0 saturated heterocycles. The average molecular weight is 730 g/mol. The Hall–Kier alpha value is -7.62. The summed E-state index contributed by atoms with van der Waals surface area (Å²) in [6.07, 6.45) is 0. The van der Waals surface area contributed by atoms with Gasteiger partial charge in [0.1, 0.15) is 22.3 Å². The lowest BCUT2D eigenvalue weighted by molar-refractivity contribution is 0.668. The second kappa shape index (κ2) is 13.6. The normalized spacial score (nSPS) is 11.5. The van der Waals surface area contributed by atoms with E-state index in [0.29, 0.717) is 0 Å². The Morgan fingerprint density at radius 3 is 1.28 bits per heavy atom. The third-order valence-corrected chi connectivity index (χ3v) is 11.1. The summed E-state index contributed by atoms with van der Waals surface area (Å²) in [6.45, 7) is 0. The Labute approximate surface area is 330 Å². The smallest absolute Gasteiger partial charge is 0.143 e. The first-order valence-corrected chi connectivity index (χ1v) is 19.3. The fourth-order valence-electron chi connectivity index (χ4n) is 8.38. The molecule has 0 aliphatic rings. The summed E-state index contributed by atoms with van der Waals surface area (Å²) < 4.78 is 13.1. The molecular formula is C54H35NO2. The van der Waals surface area contributed by atoms with Gasteiger partial charge in [0, 0.05) is 44.2 Å². The monoisotopic (exact) mass is 729 g/mol. The molecular weight excluding hydrogens is 695 g/mol. The van der Waals surface area contributed by atoms with Crippen molar-refractivity contribution in [3.05, 3.63) is 212 Å². The SMILES string of the molecule is c1ccc(-c2ccc(N(c3ccc(-c4ccccc4)cc3)c3ccc(-c4ccc(-c5cccc6oc7ccccc7c56)c5oc6ccccc6c45)cc3)cc2)cc1. The highest BCUT2D eigenvalue weighted by molar-refractivity contribution is 6.20. The Kier molecular flexibility index (Phi) is 7.82. The van der Waals surface area contributed by atoms with E-state index >= 15 is 0 Å². The van der Waals surface area contributed by atoms with Crippen molar-refractivity contribution in [2.45, 2.75) is 0 Å². The van der Waals surface area contributed by atoms with Crippen LogP contribution < -0.4 is 4.90 Å². The molecule has 11 aromatic rings. The summed E-state index contributed by atoms with van der Waals surface area (Å²) in [5.41, 5.74) is 15.9. The number of furan rings is 2. The van der Waals surface area contributed by atoms with Gasteiger partial charge in [-0.1, -0.05) is 152 Å². The topological polar surface area (TPSA) is 29.5 Å². The Balaban J connectivity index is 1.03. The molecule has 2 heterocycles. The van der Waals surface area contributed by atoms with Crippen LogP contribution in [0.3, 0.4) is 0 Å². The van der Waals surface area contributed by atoms with E-state index in [1.54, 1.807) is 0 Å². The van der Waals surface area contributed by atoms with Crippen LogP contribution >= 0.6 is 0 Å². The summed E-state index contributed by atoms with van der Waals surface area (Å²) in [6, 6.07) is 75.0. The Bertz CT molecular complexity index is 3110. The van der Waals surface area contributed by atoms with E-state index in [1.165, 1.54) is 22.3 Å². The zero-order valence-electron chi connectivity index (χ0n) is 31.0. The van der Waals surface area contributed by atoms with Gasteiger partial charge in [0.25, 0.3) is 0 Å². The van der Waals surface area contributed by atoms with Gasteiger partial charge in [-0.2, -0.15) is 0 Å². The van der Waals surface area contributed by atoms with Crippen LogP contribution in [0.15, 0.2) is 221 Å². The van der Waals surface area contributed by atoms with E-state index < -0.39 is 0 Å². The van der Waals surface area contributed by atoms with E-state index in [4.69, 9.17) is 8.83 Å². The lowest BCUT2D eigenvalue weighted by Gasteiger charge is -2.26. The summed E-state index contributed by atoms with van der Waals surface area (Å²) >= 11 is 0. The number of nitrogens with zero attached hydrogens (tertiary/aromatic N) is 1. The Morgan fingerprint density at radius 2 is 0.702 bits per heavy atom. The number of benzene rings is 9. The van der Waals surface area contributed by atoms with E-state index in [9.17, 15) is 0 Å². The van der Waals surface area contributed by atoms with E-state index in [2.05, 4.69) is 193 Å². The molecule has 0 spiro atoms. The maximum absolute atomic E-state index is 6.76. The zero-order chi connectivity index (χ0) is 37.7. The standard InChI is InChI=1S/C54H35NO2/c1-3-12-36(13-4-1)38-22-28-41(29-23-38)55(42-30-24-39(25-31-42)37-14-5-2-6-15-37)43-32-26-40(27-33-43)44-34-35-46(54-53(44)48-17-8-10-20-50(48)57-54)45-18-11-21-51-52(45)47-16-7-9-19-49(47)56-51/h1-35H. The van der Waals surface area contributed by atoms with Crippen LogP contribution in [0.25, 0.3) is 88.4 Å². The lowest BCUT2D eigenvalue weighted by atomic mass is 9.93. The van der Waals surface area contributed by atoms with Crippen LogP contribution in [-0.2, 0) is 0 Å². The van der Waals surface area contributed by atoms with Gasteiger partial charge < -0.3 is 13.7 Å². The van der Waals surface area contributed by atoms with Crippen molar-refractivity contribution in [2.24, 2.45) is 0 Å². The molecule has 268 valence electrons. The van der Waals surface area contributed by atoms with Crippen molar-refractivity contribution >= 4 is 60.9 Å². The molecule has 0 saturated carbocycles. The Morgan fingerprint density at radius 1 is 0.263 bits per heavy atom. The van der Waals surface area contributed by atoms with Crippen LogP contribution in [0, 0.1) is 0 Å². The van der Waals surface area contributed by atoms with Crippen LogP contribution in [0.4, 0.5) is 17.1 Å². The van der Waals surface area contributed by atoms with Crippen molar-refractivity contribution in [3.8, 4) is 44.5 Å². The summed E-state index contributed by atoms with van der Waals surface area (Å²) in [4.78, 5) is 2.33. The maximum Gasteiger partial charge on any atom is 0.143 e. The van der Waals surface area contributed by atoms with Gasteiger partial charge in [-0.25, -0.2) is 0 Å². The maximum atomic E-state index is 6.76. The second-order valence-corrected chi connectivity index (χ2v) is 14.4. The van der Waals surface area contributed by atoms with E-state index in [-0.39, 0.29) is 0 Å². The zero-order valence-corrected chi connectivity index (χ0v) is 31.0. The molecule has 0 amide bonds. The fourth-order valence-corrected chi connectivity index (χ4v) is 8.38. The van der Waals surface area contributed by atoms with Crippen LogP contribution in [0.2, 0.25) is 0 Å². The van der Waals surface area contributed by atoms with Crippen molar-refractivity contribution in [1.82, 2.24) is 0 Å². The van der Waals surface area contributed by atoms with Gasteiger partial charge in [-0.05, 0) is 99.6 Å². The van der Waals surface area contributed by atoms with Gasteiger partial charge in [-0.15, -0.1) is 0 Å². The lowest BCUT2D eigenvalue weighted by Crippen LogP contribution is -2.09. The average Bonchev–Trinajstić information content (AvgIpc) is 3.87. The van der Waals surface area contributed by atoms with Gasteiger partial charge in [-0.3, -0.25) is 0 Å². The molecule has 0 atom stereocenters. The first-order valence-electron chi connectivity index (χ1n) is 19.3. The number of rotatable bonds is 7. The first-order chi connectivity index (χ1) is 28.3. The summed E-state index contributed by atoms with van der Waals surface area (Å²) in [7, 11) is 0. The highest BCUT2D eigenvalue weighted by Gasteiger charge is 2.21. The van der Waals surface area contributed by atoms with E-state index in [1.807, 2.05) is 24.3 Å². The minimum Gasteiger partial charge on any atom is -0.456 e. The van der Waals surface area contributed by atoms with Crippen molar-refractivity contribution in [3.63, 3.8) is 0 Å². The molecule has 0 radical (unpaired) electrons. The fraction of sp³-hybridized carbons (Fsp3) is 0. The quantitative estimate of drug-likeness (QED) is 0.164. The van der Waals surface area contributed by atoms with Gasteiger partial charge in [0.15, 0.2) is 0 Å². The molecule has 0 aliphatic heterocycles. The molecule has 0 aliphatic carbocycles. The molecule has 0 bridgehead atoms. The molecule has 0 N–H and O–H groups in total. The molecule has 3 heteroatoms. The summed E-state index contributed by atoms with van der Waals surface area (Å²) in [5.74, 6) is 0. The highest BCUT2D eigenvalue weighted by atomic mass is 16.3. The van der Waals surface area contributed by atoms with Crippen LogP contribution in [-0.4, -0.2) is 0 Å². The third kappa shape index (κ3) is 5.68. The van der Waals surface area contributed by atoms with Crippen molar-refractivity contribution in [1.29, 1.82) is 0 Å². The molecule has 57 heavy (non-hydrogen) atoms. The van der Waals surface area contributed by atoms with Gasteiger partial charge in [0.2, 0.25) is 0 Å². The van der Waals surface area contributed by atoms with Crippen LogP contribution in [0.5, 0.6) is 0 Å². The molecule has 11 rings (SSSR count). The number of fused-ring (bicyclic) bond motifs is 6. The highest BCUT2D eigenvalue weighted by Crippen LogP contribution is 2.46. The largest absolute Gasteiger partial charge is 0.456 e. The number of anilines is 3. The van der Waals surface area contributed by atoms with Crippen molar-refractivity contribution < 1.29 is 8.83 Å². The van der Waals surface area contributed by atoms with E-state index in [0.717, 1.165) is 83.2 Å². The van der Waals surface area contributed by atoms with Gasteiger partial charge >= 0.3 is 0 Å². The minimum atomic E-state index is 0.867. The second-order valence-electron chi connectivity index (χ2n) is 14.4. The first kappa shape index (κ1) is 32.8. The van der Waals surface area contributed by atoms with Crippen LogP contribution in [0.1, 0.15) is 0 Å². The predicted molar refractivity (Wildman–Crippen MR) is 237 cm³/mol. The molecule has 9 aromatic carbocycles. The molecule has 2 aromatic heterocycles. The third-order valence-electron chi connectivity index (χ3n) is 11.1. The number of hydrogen-bond acceptors (Lipinski definition) is 3.